The molecule has 2 aromatic carbocycles. The number of benzene rings is 2. The summed E-state index contributed by atoms with van der Waals surface area (Å²) in [6, 6.07) is 18.3. The molecule has 1 aliphatic rings. The molecule has 0 radical (unpaired) electrons. The fourth-order valence-corrected chi connectivity index (χ4v) is 3.39. The maximum Gasteiger partial charge on any atom is 0.242 e. The van der Waals surface area contributed by atoms with E-state index in [2.05, 4.69) is 21.3 Å². The minimum absolute atomic E-state index is 0.0484. The van der Waals surface area contributed by atoms with Crippen LogP contribution in [0.2, 0.25) is 0 Å². The van der Waals surface area contributed by atoms with E-state index in [9.17, 15) is 9.18 Å². The van der Waals surface area contributed by atoms with Crippen molar-refractivity contribution in [3.05, 3.63) is 83.8 Å². The van der Waals surface area contributed by atoms with Gasteiger partial charge in [0.05, 0.1) is 6.54 Å². The van der Waals surface area contributed by atoms with Crippen LogP contribution in [0.3, 0.4) is 0 Å². The van der Waals surface area contributed by atoms with Crippen LogP contribution in [0.4, 0.5) is 10.2 Å². The summed E-state index contributed by atoms with van der Waals surface area (Å²) in [5.74, 6) is 0.349. The van der Waals surface area contributed by atoms with Crippen molar-refractivity contribution in [3.8, 4) is 0 Å². The number of amides is 1. The average molecular weight is 409 g/mol. The fourth-order valence-electron chi connectivity index (χ4n) is 3.23. The van der Waals surface area contributed by atoms with Crippen molar-refractivity contribution in [2.75, 3.05) is 5.32 Å². The standard InChI is InChI=1S/C21H20FN5OS/c22-18-9-5-4-8-15(18)13-27-11-10-19(26-27)23-21(29)25-24-20(28)17-12-16(17)14-6-2-1-3-7-14/h1-11,16-17H,12-13H2,(H,24,28)(H2,23,25,26,29). The zero-order valence-corrected chi connectivity index (χ0v) is 16.3. The molecule has 6 nitrogen and oxygen atoms in total. The number of rotatable bonds is 5. The molecule has 1 aliphatic carbocycles. The van der Waals surface area contributed by atoms with Gasteiger partial charge in [-0.2, -0.15) is 5.10 Å². The highest BCUT2D eigenvalue weighted by Gasteiger charge is 2.43. The maximum absolute atomic E-state index is 13.7. The van der Waals surface area contributed by atoms with Crippen LogP contribution in [0.1, 0.15) is 23.5 Å². The Kier molecular flexibility index (Phi) is 5.53. The van der Waals surface area contributed by atoms with Gasteiger partial charge in [-0.25, -0.2) is 4.39 Å². The third kappa shape index (κ3) is 4.78. The molecule has 1 amide bonds. The first-order chi connectivity index (χ1) is 14.1. The lowest BCUT2D eigenvalue weighted by atomic mass is 10.1. The van der Waals surface area contributed by atoms with Crippen LogP contribution in [0.15, 0.2) is 66.9 Å². The lowest BCUT2D eigenvalue weighted by Gasteiger charge is -2.10. The second kappa shape index (κ2) is 8.40. The smallest absolute Gasteiger partial charge is 0.242 e. The van der Waals surface area contributed by atoms with Gasteiger partial charge in [0.25, 0.3) is 0 Å². The molecule has 1 fully saturated rings. The SMILES string of the molecule is O=C(NNC(=S)Nc1ccn(Cc2ccccc2F)n1)C1CC1c1ccccc1. The zero-order chi connectivity index (χ0) is 20.2. The quantitative estimate of drug-likeness (QED) is 0.446. The van der Waals surface area contributed by atoms with Gasteiger partial charge in [0.1, 0.15) is 5.82 Å². The van der Waals surface area contributed by atoms with Crippen LogP contribution < -0.4 is 16.2 Å². The minimum atomic E-state index is -0.272. The van der Waals surface area contributed by atoms with Crippen molar-refractivity contribution in [2.45, 2.75) is 18.9 Å². The number of carbonyl (C=O) groups excluding carboxylic acids is 1. The Morgan fingerprint density at radius 3 is 2.66 bits per heavy atom. The molecule has 1 saturated carbocycles. The van der Waals surface area contributed by atoms with E-state index in [1.807, 2.05) is 30.3 Å². The predicted molar refractivity (Wildman–Crippen MR) is 113 cm³/mol. The largest absolute Gasteiger partial charge is 0.315 e. The number of hydrogen-bond acceptors (Lipinski definition) is 3. The number of halogens is 1. The molecule has 8 heteroatoms. The molecule has 0 spiro atoms. The summed E-state index contributed by atoms with van der Waals surface area (Å²) >= 11 is 5.20. The van der Waals surface area contributed by atoms with Gasteiger partial charge in [-0.05, 0) is 36.2 Å². The number of hydrogen-bond donors (Lipinski definition) is 3. The van der Waals surface area contributed by atoms with Gasteiger partial charge in [0.15, 0.2) is 10.9 Å². The molecule has 3 N–H and O–H groups in total. The lowest BCUT2D eigenvalue weighted by molar-refractivity contribution is -0.122. The fraction of sp³-hybridized carbons (Fsp3) is 0.190. The monoisotopic (exact) mass is 409 g/mol. The molecule has 0 saturated heterocycles. The summed E-state index contributed by atoms with van der Waals surface area (Å²) in [5, 5.41) is 7.44. The van der Waals surface area contributed by atoms with Crippen LogP contribution in [0.25, 0.3) is 0 Å². The van der Waals surface area contributed by atoms with Crippen molar-refractivity contribution >= 4 is 29.1 Å². The van der Waals surface area contributed by atoms with Crippen LogP contribution >= 0.6 is 12.2 Å². The number of nitrogens with one attached hydrogen (secondary N) is 3. The van der Waals surface area contributed by atoms with E-state index in [0.717, 1.165) is 6.42 Å². The Morgan fingerprint density at radius 1 is 1.10 bits per heavy atom. The second-order valence-electron chi connectivity index (χ2n) is 6.92. The average Bonchev–Trinajstić information content (AvgIpc) is 3.43. The summed E-state index contributed by atoms with van der Waals surface area (Å²) in [7, 11) is 0. The zero-order valence-electron chi connectivity index (χ0n) is 15.5. The van der Waals surface area contributed by atoms with Gasteiger partial charge in [-0.15, -0.1) is 0 Å². The second-order valence-corrected chi connectivity index (χ2v) is 7.33. The summed E-state index contributed by atoms with van der Waals surface area (Å²) < 4.78 is 15.4. The van der Waals surface area contributed by atoms with E-state index < -0.39 is 0 Å². The highest BCUT2D eigenvalue weighted by molar-refractivity contribution is 7.80. The third-order valence-electron chi connectivity index (χ3n) is 4.83. The summed E-state index contributed by atoms with van der Waals surface area (Å²) in [6.07, 6.45) is 2.56. The first-order valence-electron chi connectivity index (χ1n) is 9.29. The molecule has 0 bridgehead atoms. The van der Waals surface area contributed by atoms with Crippen molar-refractivity contribution in [1.29, 1.82) is 0 Å². The van der Waals surface area contributed by atoms with E-state index in [-0.39, 0.29) is 28.7 Å². The topological polar surface area (TPSA) is 71.0 Å². The number of hydrazine groups is 1. The predicted octanol–water partition coefficient (Wildman–Crippen LogP) is 3.19. The molecule has 4 rings (SSSR count). The van der Waals surface area contributed by atoms with Gasteiger partial charge >= 0.3 is 0 Å². The Labute approximate surface area is 173 Å². The van der Waals surface area contributed by atoms with Gasteiger partial charge in [0.2, 0.25) is 5.91 Å². The Bertz CT molecular complexity index is 1020. The van der Waals surface area contributed by atoms with Crippen molar-refractivity contribution in [2.24, 2.45) is 5.92 Å². The normalized spacial score (nSPS) is 17.4. The number of anilines is 1. The molecule has 148 valence electrons. The summed E-state index contributed by atoms with van der Waals surface area (Å²) in [6.45, 7) is 0.313. The van der Waals surface area contributed by atoms with E-state index in [1.165, 1.54) is 11.6 Å². The molecular formula is C21H20FN5OS. The molecule has 1 aromatic heterocycles. The molecule has 1 heterocycles. The Balaban J connectivity index is 1.24. The van der Waals surface area contributed by atoms with E-state index in [4.69, 9.17) is 12.2 Å². The lowest BCUT2D eigenvalue weighted by Crippen LogP contribution is -2.44. The van der Waals surface area contributed by atoms with Crippen molar-refractivity contribution < 1.29 is 9.18 Å². The van der Waals surface area contributed by atoms with Crippen LogP contribution in [-0.2, 0) is 11.3 Å². The molecular weight excluding hydrogens is 389 g/mol. The molecule has 29 heavy (non-hydrogen) atoms. The highest BCUT2D eigenvalue weighted by atomic mass is 32.1. The minimum Gasteiger partial charge on any atom is -0.315 e. The van der Waals surface area contributed by atoms with Crippen molar-refractivity contribution in [3.63, 3.8) is 0 Å². The van der Waals surface area contributed by atoms with E-state index >= 15 is 0 Å². The first kappa shape index (κ1) is 19.1. The third-order valence-corrected chi connectivity index (χ3v) is 5.03. The van der Waals surface area contributed by atoms with Gasteiger partial charge < -0.3 is 5.32 Å². The maximum atomic E-state index is 13.7. The summed E-state index contributed by atoms with van der Waals surface area (Å²) in [4.78, 5) is 12.3. The number of carbonyl (C=O) groups is 1. The number of nitrogens with zero attached hydrogens (tertiary/aromatic N) is 2. The van der Waals surface area contributed by atoms with E-state index in [1.54, 1.807) is 35.1 Å². The molecule has 3 aromatic rings. The Morgan fingerprint density at radius 2 is 1.86 bits per heavy atom. The van der Waals surface area contributed by atoms with Crippen molar-refractivity contribution in [1.82, 2.24) is 20.6 Å². The van der Waals surface area contributed by atoms with Gasteiger partial charge in [-0.1, -0.05) is 48.5 Å². The van der Waals surface area contributed by atoms with Crippen LogP contribution in [0.5, 0.6) is 0 Å². The molecule has 2 unspecified atom stereocenters. The van der Waals surface area contributed by atoms with Gasteiger partial charge in [-0.3, -0.25) is 20.3 Å². The Hall–Kier alpha value is -3.26. The molecule has 2 atom stereocenters. The van der Waals surface area contributed by atoms with Crippen LogP contribution in [0, 0.1) is 11.7 Å². The van der Waals surface area contributed by atoms with Crippen LogP contribution in [-0.4, -0.2) is 20.8 Å². The molecule has 0 aliphatic heterocycles. The van der Waals surface area contributed by atoms with Gasteiger partial charge in [0, 0.05) is 23.7 Å². The number of aromatic nitrogens is 2. The van der Waals surface area contributed by atoms with E-state index in [0.29, 0.717) is 17.9 Å². The first-order valence-corrected chi connectivity index (χ1v) is 9.69. The number of thiocarbonyl (C=S) groups is 1. The highest BCUT2D eigenvalue weighted by Crippen LogP contribution is 2.47. The summed E-state index contributed by atoms with van der Waals surface area (Å²) in [5.41, 5.74) is 7.07.